The lowest BCUT2D eigenvalue weighted by molar-refractivity contribution is 0.534. The highest BCUT2D eigenvalue weighted by Crippen LogP contribution is 1.65. The molecule has 0 aromatic rings. The second-order valence-electron chi connectivity index (χ2n) is 1.50. The maximum atomic E-state index is 3.22. The Balaban J connectivity index is 0. The molecule has 8 heavy (non-hydrogen) atoms. The monoisotopic (exact) mass is 114 g/mol. The van der Waals surface area contributed by atoms with Crippen LogP contribution in [0.25, 0.3) is 0 Å². The van der Waals surface area contributed by atoms with Crippen molar-refractivity contribution in [3.63, 3.8) is 0 Å². The summed E-state index contributed by atoms with van der Waals surface area (Å²) in [5.41, 5.74) is 0. The van der Waals surface area contributed by atoms with Crippen LogP contribution < -0.4 is 10.6 Å². The molecule has 0 bridgehead atoms. The zero-order valence-electron chi connectivity index (χ0n) is 3.83. The van der Waals surface area contributed by atoms with E-state index >= 15 is 0 Å². The molecule has 0 spiro atoms. The maximum Gasteiger partial charge on any atom is 0.0814 e. The third kappa shape index (κ3) is 4.22. The standard InChI is InChI=1S/C4H10N2.2BH3/c1-2-6-4-3-5-1;;/h5-6H,1-4H2;2*1H3. The molecule has 0 aromatic heterocycles. The van der Waals surface area contributed by atoms with Gasteiger partial charge in [-0.05, 0) is 0 Å². The average Bonchev–Trinajstić information content (AvgIpc) is 1.72. The van der Waals surface area contributed by atoms with E-state index in [2.05, 4.69) is 10.6 Å². The minimum atomic E-state index is 0. The molecule has 0 aliphatic carbocycles. The lowest BCUT2D eigenvalue weighted by Crippen LogP contribution is -2.39. The summed E-state index contributed by atoms with van der Waals surface area (Å²) in [4.78, 5) is 0. The van der Waals surface area contributed by atoms with Crippen molar-refractivity contribution in [2.24, 2.45) is 0 Å². The Bertz CT molecular complexity index is 27.5. The molecule has 4 heteroatoms. The van der Waals surface area contributed by atoms with Gasteiger partial charge in [0.25, 0.3) is 0 Å². The molecular formula is C4H16B2N2. The first kappa shape index (κ1) is 10.9. The van der Waals surface area contributed by atoms with Gasteiger partial charge in [-0.3, -0.25) is 0 Å². The molecule has 1 saturated heterocycles. The minimum absolute atomic E-state index is 0. The van der Waals surface area contributed by atoms with Crippen LogP contribution in [0.15, 0.2) is 0 Å². The quantitative estimate of drug-likeness (QED) is 0.324. The highest BCUT2D eigenvalue weighted by atomic mass is 15.0. The molecule has 0 amide bonds. The number of piperazine rings is 1. The van der Waals surface area contributed by atoms with Crippen molar-refractivity contribution >= 4 is 16.8 Å². The fourth-order valence-corrected chi connectivity index (χ4v) is 0.604. The van der Waals surface area contributed by atoms with Crippen molar-refractivity contribution in [3.05, 3.63) is 0 Å². The van der Waals surface area contributed by atoms with E-state index < -0.39 is 0 Å². The van der Waals surface area contributed by atoms with Crippen molar-refractivity contribution in [1.82, 2.24) is 10.6 Å². The van der Waals surface area contributed by atoms with Gasteiger partial charge in [-0.25, -0.2) is 0 Å². The van der Waals surface area contributed by atoms with E-state index in [0.29, 0.717) is 0 Å². The topological polar surface area (TPSA) is 24.1 Å². The van der Waals surface area contributed by atoms with Crippen LogP contribution in [0, 0.1) is 0 Å². The van der Waals surface area contributed by atoms with Crippen molar-refractivity contribution in [2.75, 3.05) is 26.2 Å². The van der Waals surface area contributed by atoms with Gasteiger partial charge in [0, 0.05) is 26.2 Å². The fraction of sp³-hybridized carbons (Fsp3) is 1.00. The second kappa shape index (κ2) is 7.05. The molecule has 1 heterocycles. The predicted octanol–water partition coefficient (Wildman–Crippen LogP) is -3.19. The largest absolute Gasteiger partial charge is 0.314 e. The Labute approximate surface area is 54.6 Å². The third-order valence-electron chi connectivity index (χ3n) is 0.957. The van der Waals surface area contributed by atoms with Gasteiger partial charge in [0.1, 0.15) is 0 Å². The van der Waals surface area contributed by atoms with Crippen LogP contribution in [0.3, 0.4) is 0 Å². The number of hydrogen-bond donors (Lipinski definition) is 2. The van der Waals surface area contributed by atoms with Crippen LogP contribution in [-0.4, -0.2) is 43.0 Å². The van der Waals surface area contributed by atoms with Gasteiger partial charge in [-0.15, -0.1) is 0 Å². The lowest BCUT2D eigenvalue weighted by Gasteiger charge is -2.11. The van der Waals surface area contributed by atoms with E-state index in [1.807, 2.05) is 0 Å². The highest BCUT2D eigenvalue weighted by molar-refractivity contribution is 5.76. The molecule has 0 saturated carbocycles. The molecule has 0 radical (unpaired) electrons. The summed E-state index contributed by atoms with van der Waals surface area (Å²) in [6, 6.07) is 0. The van der Waals surface area contributed by atoms with Gasteiger partial charge in [-0.1, -0.05) is 0 Å². The minimum Gasteiger partial charge on any atom is -0.314 e. The smallest absolute Gasteiger partial charge is 0.0814 e. The molecule has 0 unspecified atom stereocenters. The van der Waals surface area contributed by atoms with E-state index in [9.17, 15) is 0 Å². The Morgan fingerprint density at radius 3 is 1.00 bits per heavy atom. The summed E-state index contributed by atoms with van der Waals surface area (Å²) in [7, 11) is 0. The van der Waals surface area contributed by atoms with Gasteiger partial charge in [0.15, 0.2) is 0 Å². The van der Waals surface area contributed by atoms with Crippen LogP contribution in [0.5, 0.6) is 0 Å². The van der Waals surface area contributed by atoms with Crippen molar-refractivity contribution in [2.45, 2.75) is 0 Å². The van der Waals surface area contributed by atoms with Gasteiger partial charge in [0.05, 0.1) is 16.8 Å². The second-order valence-corrected chi connectivity index (χ2v) is 1.50. The molecule has 1 fully saturated rings. The first-order valence-electron chi connectivity index (χ1n) is 2.41. The van der Waals surface area contributed by atoms with Gasteiger partial charge >= 0.3 is 0 Å². The first-order chi connectivity index (χ1) is 3.00. The van der Waals surface area contributed by atoms with E-state index in [0.717, 1.165) is 26.2 Å². The van der Waals surface area contributed by atoms with Crippen LogP contribution in [0.1, 0.15) is 0 Å². The Hall–Kier alpha value is 0.0499. The summed E-state index contributed by atoms with van der Waals surface area (Å²) in [5.74, 6) is 0. The summed E-state index contributed by atoms with van der Waals surface area (Å²) >= 11 is 0. The fourth-order valence-electron chi connectivity index (χ4n) is 0.604. The van der Waals surface area contributed by atoms with Gasteiger partial charge in [-0.2, -0.15) is 0 Å². The molecule has 1 rings (SSSR count). The normalized spacial score (nSPS) is 18.0. The van der Waals surface area contributed by atoms with Crippen LogP contribution in [0.4, 0.5) is 0 Å². The molecular weight excluding hydrogens is 97.7 g/mol. The molecule has 2 nitrogen and oxygen atoms in total. The highest BCUT2D eigenvalue weighted by Gasteiger charge is 1.91. The molecule has 1 aliphatic rings. The molecule has 0 aromatic carbocycles. The lowest BCUT2D eigenvalue weighted by atomic mass is 10.4. The van der Waals surface area contributed by atoms with E-state index in [-0.39, 0.29) is 16.8 Å². The summed E-state index contributed by atoms with van der Waals surface area (Å²) in [5, 5.41) is 6.44. The summed E-state index contributed by atoms with van der Waals surface area (Å²) in [6.07, 6.45) is 0. The van der Waals surface area contributed by atoms with E-state index in [1.165, 1.54) is 0 Å². The zero-order valence-corrected chi connectivity index (χ0v) is 3.83. The molecule has 0 atom stereocenters. The van der Waals surface area contributed by atoms with E-state index in [1.54, 1.807) is 0 Å². The molecule has 1 aliphatic heterocycles. The van der Waals surface area contributed by atoms with Gasteiger partial charge in [0.2, 0.25) is 0 Å². The van der Waals surface area contributed by atoms with Crippen LogP contribution in [0.2, 0.25) is 0 Å². The molecule has 48 valence electrons. The van der Waals surface area contributed by atoms with Crippen LogP contribution >= 0.6 is 0 Å². The third-order valence-corrected chi connectivity index (χ3v) is 0.957. The Kier molecular flexibility index (Phi) is 9.63. The molecule has 2 N–H and O–H groups in total. The first-order valence-corrected chi connectivity index (χ1v) is 2.41. The Morgan fingerprint density at radius 1 is 0.625 bits per heavy atom. The average molecular weight is 114 g/mol. The maximum absolute atomic E-state index is 3.22. The Morgan fingerprint density at radius 2 is 0.875 bits per heavy atom. The van der Waals surface area contributed by atoms with Gasteiger partial charge < -0.3 is 10.6 Å². The van der Waals surface area contributed by atoms with Crippen molar-refractivity contribution in [3.8, 4) is 0 Å². The zero-order chi connectivity index (χ0) is 4.24. The van der Waals surface area contributed by atoms with Crippen LogP contribution in [-0.2, 0) is 0 Å². The summed E-state index contributed by atoms with van der Waals surface area (Å²) < 4.78 is 0. The number of nitrogens with one attached hydrogen (secondary N) is 2. The predicted molar refractivity (Wildman–Crippen MR) is 45.6 cm³/mol. The summed E-state index contributed by atoms with van der Waals surface area (Å²) in [6.45, 7) is 4.56. The SMILES string of the molecule is B.B.C1CNCCN1. The van der Waals surface area contributed by atoms with Crippen molar-refractivity contribution in [1.29, 1.82) is 0 Å². The van der Waals surface area contributed by atoms with Crippen molar-refractivity contribution < 1.29 is 0 Å². The number of hydrogen-bond acceptors (Lipinski definition) is 2. The van der Waals surface area contributed by atoms with E-state index in [4.69, 9.17) is 0 Å². The number of rotatable bonds is 0.